The molecule has 1 heterocycles. The summed E-state index contributed by atoms with van der Waals surface area (Å²) in [5.74, 6) is -0.430. The molecule has 20 heavy (non-hydrogen) atoms. The van der Waals surface area contributed by atoms with Crippen molar-refractivity contribution >= 4 is 23.2 Å². The molecule has 1 atom stereocenters. The SMILES string of the molecule is CC1(C(N)=O)CCN(CC(=O)Nc2cccc(N)c2)C1. The predicted octanol–water partition coefficient (Wildman–Crippen LogP) is 0.405. The third kappa shape index (κ3) is 3.27. The number of nitrogens with zero attached hydrogens (tertiary/aromatic N) is 1. The normalized spacial score (nSPS) is 22.6. The second kappa shape index (κ2) is 5.50. The van der Waals surface area contributed by atoms with Gasteiger partial charge in [0.05, 0.1) is 12.0 Å². The number of hydrogen-bond donors (Lipinski definition) is 3. The molecule has 0 saturated carbocycles. The molecule has 1 unspecified atom stereocenters. The molecule has 5 N–H and O–H groups in total. The van der Waals surface area contributed by atoms with Gasteiger partial charge >= 0.3 is 0 Å². The molecule has 0 aromatic heterocycles. The van der Waals surface area contributed by atoms with Crippen molar-refractivity contribution < 1.29 is 9.59 Å². The van der Waals surface area contributed by atoms with Crippen LogP contribution in [0.5, 0.6) is 0 Å². The van der Waals surface area contributed by atoms with E-state index in [1.807, 2.05) is 11.8 Å². The number of nitrogens with two attached hydrogens (primary N) is 2. The zero-order valence-corrected chi connectivity index (χ0v) is 11.6. The average Bonchev–Trinajstić information content (AvgIpc) is 2.72. The monoisotopic (exact) mass is 276 g/mol. The maximum atomic E-state index is 12.0. The van der Waals surface area contributed by atoms with Crippen LogP contribution >= 0.6 is 0 Å². The Kier molecular flexibility index (Phi) is 3.94. The highest BCUT2D eigenvalue weighted by Gasteiger charge is 2.39. The van der Waals surface area contributed by atoms with Crippen LogP contribution < -0.4 is 16.8 Å². The molecule has 1 aliphatic rings. The Bertz CT molecular complexity index is 532. The molecule has 1 aromatic carbocycles. The van der Waals surface area contributed by atoms with Crippen LogP contribution in [0.15, 0.2) is 24.3 Å². The summed E-state index contributed by atoms with van der Waals surface area (Å²) >= 11 is 0. The smallest absolute Gasteiger partial charge is 0.238 e. The van der Waals surface area contributed by atoms with Gasteiger partial charge in [-0.25, -0.2) is 0 Å². The molecule has 1 fully saturated rings. The minimum atomic E-state index is -0.530. The third-order valence-electron chi connectivity index (χ3n) is 3.68. The molecule has 1 saturated heterocycles. The van der Waals surface area contributed by atoms with Crippen molar-refractivity contribution in [3.8, 4) is 0 Å². The minimum absolute atomic E-state index is 0.121. The first-order chi connectivity index (χ1) is 9.39. The third-order valence-corrected chi connectivity index (χ3v) is 3.68. The maximum Gasteiger partial charge on any atom is 0.238 e. The van der Waals surface area contributed by atoms with E-state index in [-0.39, 0.29) is 18.4 Å². The largest absolute Gasteiger partial charge is 0.399 e. The van der Waals surface area contributed by atoms with Crippen molar-refractivity contribution in [2.45, 2.75) is 13.3 Å². The number of primary amides is 1. The summed E-state index contributed by atoms with van der Waals surface area (Å²) in [6.07, 6.45) is 0.688. The summed E-state index contributed by atoms with van der Waals surface area (Å²) in [4.78, 5) is 25.3. The van der Waals surface area contributed by atoms with Crippen LogP contribution in [0.3, 0.4) is 0 Å². The van der Waals surface area contributed by atoms with Gasteiger partial charge in [-0.15, -0.1) is 0 Å². The van der Waals surface area contributed by atoms with Gasteiger partial charge in [0, 0.05) is 17.9 Å². The van der Waals surface area contributed by atoms with E-state index in [4.69, 9.17) is 11.5 Å². The minimum Gasteiger partial charge on any atom is -0.399 e. The quantitative estimate of drug-likeness (QED) is 0.693. The molecule has 1 aromatic rings. The van der Waals surface area contributed by atoms with Crippen LogP contribution in [0.2, 0.25) is 0 Å². The maximum absolute atomic E-state index is 12.0. The van der Waals surface area contributed by atoms with Gasteiger partial charge in [-0.2, -0.15) is 0 Å². The Hall–Kier alpha value is -2.08. The van der Waals surface area contributed by atoms with Crippen LogP contribution in [-0.2, 0) is 9.59 Å². The van der Waals surface area contributed by atoms with E-state index in [2.05, 4.69) is 5.32 Å². The van der Waals surface area contributed by atoms with Crippen molar-refractivity contribution in [1.29, 1.82) is 0 Å². The van der Waals surface area contributed by atoms with E-state index in [9.17, 15) is 9.59 Å². The Balaban J connectivity index is 1.89. The number of hydrogen-bond acceptors (Lipinski definition) is 4. The number of nitrogens with one attached hydrogen (secondary N) is 1. The molecule has 0 bridgehead atoms. The highest BCUT2D eigenvalue weighted by atomic mass is 16.2. The lowest BCUT2D eigenvalue weighted by atomic mass is 9.89. The average molecular weight is 276 g/mol. The van der Waals surface area contributed by atoms with E-state index < -0.39 is 5.41 Å². The van der Waals surface area contributed by atoms with Crippen LogP contribution in [0, 0.1) is 5.41 Å². The number of likely N-dealkylation sites (tertiary alicyclic amines) is 1. The van der Waals surface area contributed by atoms with E-state index in [0.717, 1.165) is 0 Å². The Labute approximate surface area is 118 Å². The van der Waals surface area contributed by atoms with Gasteiger partial charge in [0.15, 0.2) is 0 Å². The lowest BCUT2D eigenvalue weighted by molar-refractivity contribution is -0.126. The van der Waals surface area contributed by atoms with E-state index in [1.165, 1.54) is 0 Å². The highest BCUT2D eigenvalue weighted by Crippen LogP contribution is 2.29. The van der Waals surface area contributed by atoms with E-state index in [1.54, 1.807) is 24.3 Å². The second-order valence-corrected chi connectivity index (χ2v) is 5.56. The highest BCUT2D eigenvalue weighted by molar-refractivity contribution is 5.92. The zero-order chi connectivity index (χ0) is 14.8. The van der Waals surface area contributed by atoms with Crippen molar-refractivity contribution in [3.05, 3.63) is 24.3 Å². The van der Waals surface area contributed by atoms with Gasteiger partial charge in [0.1, 0.15) is 0 Å². The molecule has 1 aliphatic heterocycles. The summed E-state index contributed by atoms with van der Waals surface area (Å²) in [6.45, 7) is 3.30. The van der Waals surface area contributed by atoms with E-state index in [0.29, 0.717) is 30.9 Å². The van der Waals surface area contributed by atoms with Crippen LogP contribution in [0.25, 0.3) is 0 Å². The number of nitrogen functional groups attached to an aromatic ring is 1. The molecular formula is C14H20N4O2. The number of amides is 2. The summed E-state index contributed by atoms with van der Waals surface area (Å²) < 4.78 is 0. The molecule has 0 radical (unpaired) electrons. The molecule has 0 aliphatic carbocycles. The number of rotatable bonds is 4. The number of anilines is 2. The van der Waals surface area contributed by atoms with Gasteiger partial charge in [-0.05, 0) is 38.1 Å². The summed E-state index contributed by atoms with van der Waals surface area (Å²) in [5, 5.41) is 2.79. The molecule has 0 spiro atoms. The first kappa shape index (κ1) is 14.3. The molecule has 108 valence electrons. The van der Waals surface area contributed by atoms with Gasteiger partial charge in [0.2, 0.25) is 11.8 Å². The van der Waals surface area contributed by atoms with Crippen LogP contribution in [-0.4, -0.2) is 36.3 Å². The van der Waals surface area contributed by atoms with E-state index >= 15 is 0 Å². The topological polar surface area (TPSA) is 101 Å². The van der Waals surface area contributed by atoms with Gasteiger partial charge < -0.3 is 16.8 Å². The molecule has 2 rings (SSSR count). The first-order valence-corrected chi connectivity index (χ1v) is 6.57. The first-order valence-electron chi connectivity index (χ1n) is 6.57. The second-order valence-electron chi connectivity index (χ2n) is 5.56. The molecule has 6 heteroatoms. The summed E-state index contributed by atoms with van der Waals surface area (Å²) in [7, 11) is 0. The fourth-order valence-electron chi connectivity index (χ4n) is 2.41. The summed E-state index contributed by atoms with van der Waals surface area (Å²) in [5.41, 5.74) is 11.8. The lowest BCUT2D eigenvalue weighted by Crippen LogP contribution is -2.39. The fourth-order valence-corrected chi connectivity index (χ4v) is 2.41. The Morgan fingerprint density at radius 1 is 1.45 bits per heavy atom. The predicted molar refractivity (Wildman–Crippen MR) is 77.8 cm³/mol. The van der Waals surface area contributed by atoms with Gasteiger partial charge in [-0.1, -0.05) is 6.07 Å². The molecule has 2 amide bonds. The van der Waals surface area contributed by atoms with Crippen LogP contribution in [0.4, 0.5) is 11.4 Å². The van der Waals surface area contributed by atoms with Crippen molar-refractivity contribution in [3.63, 3.8) is 0 Å². The van der Waals surface area contributed by atoms with Crippen molar-refractivity contribution in [1.82, 2.24) is 4.90 Å². The van der Waals surface area contributed by atoms with Gasteiger partial charge in [0.25, 0.3) is 0 Å². The Morgan fingerprint density at radius 3 is 2.80 bits per heavy atom. The molecular weight excluding hydrogens is 256 g/mol. The number of carbonyl (C=O) groups is 2. The number of benzene rings is 1. The summed E-state index contributed by atoms with van der Waals surface area (Å²) in [6, 6.07) is 7.03. The Morgan fingerprint density at radius 2 is 2.20 bits per heavy atom. The number of carbonyl (C=O) groups excluding carboxylic acids is 2. The zero-order valence-electron chi connectivity index (χ0n) is 11.6. The van der Waals surface area contributed by atoms with Crippen molar-refractivity contribution in [2.24, 2.45) is 11.1 Å². The van der Waals surface area contributed by atoms with Crippen LogP contribution in [0.1, 0.15) is 13.3 Å². The fraction of sp³-hybridized carbons (Fsp3) is 0.429. The lowest BCUT2D eigenvalue weighted by Gasteiger charge is -2.20. The standard InChI is InChI=1S/C14H20N4O2/c1-14(13(16)20)5-6-18(9-14)8-12(19)17-11-4-2-3-10(15)7-11/h2-4,7H,5-6,8-9,15H2,1H3,(H2,16,20)(H,17,19). The molecule has 6 nitrogen and oxygen atoms in total. The van der Waals surface area contributed by atoms with Crippen molar-refractivity contribution in [2.75, 3.05) is 30.7 Å². The van der Waals surface area contributed by atoms with Gasteiger partial charge in [-0.3, -0.25) is 14.5 Å².